The van der Waals surface area contributed by atoms with Crippen LogP contribution >= 0.6 is 15.9 Å². The van der Waals surface area contributed by atoms with Gasteiger partial charge >= 0.3 is 0 Å². The SMILES string of the molecule is CCc1nn(C)c(COc2ccc(C)cc2CN)c1Br. The van der Waals surface area contributed by atoms with Crippen LogP contribution < -0.4 is 10.5 Å². The number of hydrogen-bond acceptors (Lipinski definition) is 3. The van der Waals surface area contributed by atoms with E-state index in [4.69, 9.17) is 10.5 Å². The number of halogens is 1. The highest BCUT2D eigenvalue weighted by Crippen LogP contribution is 2.25. The monoisotopic (exact) mass is 337 g/mol. The smallest absolute Gasteiger partial charge is 0.131 e. The van der Waals surface area contributed by atoms with Crippen molar-refractivity contribution in [1.82, 2.24) is 9.78 Å². The molecule has 4 nitrogen and oxygen atoms in total. The molecule has 0 unspecified atom stereocenters. The molecule has 1 heterocycles. The molecule has 0 bridgehead atoms. The zero-order valence-electron chi connectivity index (χ0n) is 12.1. The molecule has 0 fully saturated rings. The summed E-state index contributed by atoms with van der Waals surface area (Å²) in [6.07, 6.45) is 0.896. The van der Waals surface area contributed by atoms with Crippen LogP contribution in [0.5, 0.6) is 5.75 Å². The molecule has 5 heteroatoms. The Hall–Kier alpha value is -1.33. The van der Waals surface area contributed by atoms with Crippen molar-refractivity contribution in [3.05, 3.63) is 45.2 Å². The summed E-state index contributed by atoms with van der Waals surface area (Å²) in [4.78, 5) is 0. The van der Waals surface area contributed by atoms with Gasteiger partial charge in [0, 0.05) is 19.2 Å². The van der Waals surface area contributed by atoms with E-state index in [1.165, 1.54) is 5.56 Å². The first kappa shape index (κ1) is 15.1. The van der Waals surface area contributed by atoms with E-state index in [1.54, 1.807) is 0 Å². The third-order valence-corrected chi connectivity index (χ3v) is 4.22. The number of hydrogen-bond donors (Lipinski definition) is 1. The second-order valence-electron chi connectivity index (χ2n) is 4.79. The van der Waals surface area contributed by atoms with Crippen molar-refractivity contribution in [2.24, 2.45) is 12.8 Å². The topological polar surface area (TPSA) is 53.1 Å². The maximum Gasteiger partial charge on any atom is 0.131 e. The average Bonchev–Trinajstić information content (AvgIpc) is 2.72. The van der Waals surface area contributed by atoms with E-state index >= 15 is 0 Å². The zero-order chi connectivity index (χ0) is 14.7. The van der Waals surface area contributed by atoms with Gasteiger partial charge in [-0.1, -0.05) is 24.6 Å². The number of nitrogens with two attached hydrogens (primary N) is 1. The molecule has 0 radical (unpaired) electrons. The van der Waals surface area contributed by atoms with Crippen LogP contribution in [0, 0.1) is 6.92 Å². The molecule has 0 saturated carbocycles. The zero-order valence-corrected chi connectivity index (χ0v) is 13.7. The van der Waals surface area contributed by atoms with Gasteiger partial charge in [0.2, 0.25) is 0 Å². The average molecular weight is 338 g/mol. The molecule has 0 aliphatic carbocycles. The molecule has 2 aromatic rings. The molecule has 0 saturated heterocycles. The Bertz CT molecular complexity index is 607. The van der Waals surface area contributed by atoms with Gasteiger partial charge in [-0.3, -0.25) is 4.68 Å². The van der Waals surface area contributed by atoms with Crippen molar-refractivity contribution in [3.8, 4) is 5.75 Å². The summed E-state index contributed by atoms with van der Waals surface area (Å²) in [6, 6.07) is 6.07. The Kier molecular flexibility index (Phi) is 4.83. The van der Waals surface area contributed by atoms with Crippen LogP contribution in [0.25, 0.3) is 0 Å². The van der Waals surface area contributed by atoms with Crippen molar-refractivity contribution in [3.63, 3.8) is 0 Å². The molecule has 0 amide bonds. The van der Waals surface area contributed by atoms with E-state index in [2.05, 4.69) is 34.0 Å². The largest absolute Gasteiger partial charge is 0.487 e. The van der Waals surface area contributed by atoms with Gasteiger partial charge < -0.3 is 10.5 Å². The predicted octanol–water partition coefficient (Wildman–Crippen LogP) is 3.09. The van der Waals surface area contributed by atoms with Crippen molar-refractivity contribution < 1.29 is 4.74 Å². The fourth-order valence-electron chi connectivity index (χ4n) is 2.13. The number of aryl methyl sites for hydroxylation is 3. The summed E-state index contributed by atoms with van der Waals surface area (Å²) in [5, 5.41) is 4.46. The van der Waals surface area contributed by atoms with E-state index in [1.807, 2.05) is 30.8 Å². The van der Waals surface area contributed by atoms with Crippen LogP contribution in [0.15, 0.2) is 22.7 Å². The summed E-state index contributed by atoms with van der Waals surface area (Å²) in [7, 11) is 1.93. The molecule has 1 aromatic carbocycles. The lowest BCUT2D eigenvalue weighted by Gasteiger charge is -2.11. The molecular formula is C15H20BrN3O. The number of rotatable bonds is 5. The highest BCUT2D eigenvalue weighted by Gasteiger charge is 2.13. The molecule has 0 spiro atoms. The first-order chi connectivity index (χ1) is 9.56. The molecule has 2 N–H and O–H groups in total. The van der Waals surface area contributed by atoms with Crippen LogP contribution in [0.3, 0.4) is 0 Å². The van der Waals surface area contributed by atoms with Gasteiger partial charge in [-0.15, -0.1) is 0 Å². The van der Waals surface area contributed by atoms with Crippen LogP contribution in [-0.4, -0.2) is 9.78 Å². The fraction of sp³-hybridized carbons (Fsp3) is 0.400. The van der Waals surface area contributed by atoms with Gasteiger partial charge in [-0.25, -0.2) is 0 Å². The molecule has 108 valence electrons. The quantitative estimate of drug-likeness (QED) is 0.911. The van der Waals surface area contributed by atoms with Crippen molar-refractivity contribution in [2.45, 2.75) is 33.4 Å². The predicted molar refractivity (Wildman–Crippen MR) is 83.7 cm³/mol. The normalized spacial score (nSPS) is 10.8. The van der Waals surface area contributed by atoms with E-state index in [9.17, 15) is 0 Å². The van der Waals surface area contributed by atoms with Crippen LogP contribution in [0.2, 0.25) is 0 Å². The van der Waals surface area contributed by atoms with Gasteiger partial charge in [-0.05, 0) is 35.3 Å². The lowest BCUT2D eigenvalue weighted by Crippen LogP contribution is -2.06. The Morgan fingerprint density at radius 1 is 1.40 bits per heavy atom. The van der Waals surface area contributed by atoms with Gasteiger partial charge in [0.1, 0.15) is 12.4 Å². The first-order valence-corrected chi connectivity index (χ1v) is 7.48. The second kappa shape index (κ2) is 6.41. The lowest BCUT2D eigenvalue weighted by molar-refractivity contribution is 0.291. The molecule has 20 heavy (non-hydrogen) atoms. The Morgan fingerprint density at radius 3 is 2.75 bits per heavy atom. The van der Waals surface area contributed by atoms with E-state index < -0.39 is 0 Å². The fourth-order valence-corrected chi connectivity index (χ4v) is 2.86. The van der Waals surface area contributed by atoms with Crippen molar-refractivity contribution >= 4 is 15.9 Å². The number of nitrogens with zero attached hydrogens (tertiary/aromatic N) is 2. The Labute approximate surface area is 128 Å². The Balaban J connectivity index is 2.19. The molecule has 0 aliphatic rings. The molecule has 2 rings (SSSR count). The van der Waals surface area contributed by atoms with Gasteiger partial charge in [0.15, 0.2) is 0 Å². The van der Waals surface area contributed by atoms with Crippen molar-refractivity contribution in [1.29, 1.82) is 0 Å². The highest BCUT2D eigenvalue weighted by molar-refractivity contribution is 9.10. The molecule has 0 atom stereocenters. The minimum atomic E-state index is 0.472. The van der Waals surface area contributed by atoms with Gasteiger partial charge in [0.05, 0.1) is 15.9 Å². The Morgan fingerprint density at radius 2 is 2.15 bits per heavy atom. The minimum absolute atomic E-state index is 0.472. The van der Waals surface area contributed by atoms with E-state index in [0.717, 1.165) is 33.6 Å². The standard InChI is InChI=1S/C15H20BrN3O/c1-4-12-15(16)13(19(3)18-12)9-20-14-6-5-10(2)7-11(14)8-17/h5-7H,4,8-9,17H2,1-3H3. The number of benzene rings is 1. The van der Waals surface area contributed by atoms with E-state index in [0.29, 0.717) is 13.2 Å². The van der Waals surface area contributed by atoms with Gasteiger partial charge in [-0.2, -0.15) is 5.10 Å². The third kappa shape index (κ3) is 3.04. The van der Waals surface area contributed by atoms with Crippen LogP contribution in [0.4, 0.5) is 0 Å². The van der Waals surface area contributed by atoms with E-state index in [-0.39, 0.29) is 0 Å². The summed E-state index contributed by atoms with van der Waals surface area (Å²) >= 11 is 3.59. The summed E-state index contributed by atoms with van der Waals surface area (Å²) < 4.78 is 8.81. The summed E-state index contributed by atoms with van der Waals surface area (Å²) in [6.45, 7) is 5.09. The van der Waals surface area contributed by atoms with Crippen molar-refractivity contribution in [2.75, 3.05) is 0 Å². The lowest BCUT2D eigenvalue weighted by atomic mass is 10.1. The summed E-state index contributed by atoms with van der Waals surface area (Å²) in [5.74, 6) is 0.837. The molecule has 1 aromatic heterocycles. The third-order valence-electron chi connectivity index (χ3n) is 3.30. The van der Waals surface area contributed by atoms with Gasteiger partial charge in [0.25, 0.3) is 0 Å². The number of aromatic nitrogens is 2. The number of ether oxygens (including phenoxy) is 1. The molecular weight excluding hydrogens is 318 g/mol. The van der Waals surface area contributed by atoms with Crippen LogP contribution in [-0.2, 0) is 26.6 Å². The maximum absolute atomic E-state index is 5.92. The summed E-state index contributed by atoms with van der Waals surface area (Å²) in [5.41, 5.74) is 10.1. The first-order valence-electron chi connectivity index (χ1n) is 6.69. The molecule has 0 aliphatic heterocycles. The maximum atomic E-state index is 5.92. The highest BCUT2D eigenvalue weighted by atomic mass is 79.9. The van der Waals surface area contributed by atoms with Crippen LogP contribution in [0.1, 0.15) is 29.4 Å². The second-order valence-corrected chi connectivity index (χ2v) is 5.58. The minimum Gasteiger partial charge on any atom is -0.487 e.